The number of aromatic nitrogens is 1. The minimum absolute atomic E-state index is 0.0261. The number of nitrogens with zero attached hydrogens (tertiary/aromatic N) is 2. The van der Waals surface area contributed by atoms with E-state index in [1.54, 1.807) is 23.4 Å². The maximum Gasteiger partial charge on any atom is 0.317 e. The maximum atomic E-state index is 12.3. The molecule has 6 nitrogen and oxygen atoms in total. The second-order valence-corrected chi connectivity index (χ2v) is 6.95. The second kappa shape index (κ2) is 6.85. The van der Waals surface area contributed by atoms with Crippen LogP contribution < -0.4 is 5.32 Å². The topological polar surface area (TPSA) is 68.4 Å². The van der Waals surface area contributed by atoms with E-state index < -0.39 is 0 Å². The van der Waals surface area contributed by atoms with Gasteiger partial charge in [0.05, 0.1) is 5.56 Å². The Morgan fingerprint density at radius 2 is 1.86 bits per heavy atom. The van der Waals surface area contributed by atoms with Gasteiger partial charge in [-0.1, -0.05) is 20.8 Å². The summed E-state index contributed by atoms with van der Waals surface area (Å²) >= 11 is 0. The van der Waals surface area contributed by atoms with Crippen LogP contribution in [0.1, 0.15) is 37.6 Å². The van der Waals surface area contributed by atoms with Gasteiger partial charge in [0, 0.05) is 45.1 Å². The first-order chi connectivity index (χ1) is 10.4. The van der Waals surface area contributed by atoms with Crippen molar-refractivity contribution in [2.45, 2.75) is 27.2 Å². The van der Waals surface area contributed by atoms with Gasteiger partial charge in [-0.25, -0.2) is 4.79 Å². The van der Waals surface area contributed by atoms with Gasteiger partial charge in [-0.15, -0.1) is 0 Å². The summed E-state index contributed by atoms with van der Waals surface area (Å²) in [5.74, 6) is 0.0261. The number of urea groups is 1. The fraction of sp³-hybridized carbons (Fsp3) is 0.625. The van der Waals surface area contributed by atoms with Crippen LogP contribution in [0.15, 0.2) is 18.5 Å². The molecule has 3 amide bonds. The first kappa shape index (κ1) is 16.4. The van der Waals surface area contributed by atoms with E-state index >= 15 is 0 Å². The summed E-state index contributed by atoms with van der Waals surface area (Å²) in [6, 6.07) is 1.74. The highest BCUT2D eigenvalue weighted by atomic mass is 16.2. The first-order valence-corrected chi connectivity index (χ1v) is 7.82. The third kappa shape index (κ3) is 4.51. The van der Waals surface area contributed by atoms with E-state index in [0.29, 0.717) is 38.3 Å². The first-order valence-electron chi connectivity index (χ1n) is 7.82. The number of nitrogens with one attached hydrogen (secondary N) is 2. The Labute approximate surface area is 131 Å². The van der Waals surface area contributed by atoms with Crippen molar-refractivity contribution in [2.24, 2.45) is 5.41 Å². The van der Waals surface area contributed by atoms with Gasteiger partial charge in [0.1, 0.15) is 0 Å². The van der Waals surface area contributed by atoms with Crippen LogP contribution >= 0.6 is 0 Å². The number of carbonyl (C=O) groups is 2. The molecule has 0 radical (unpaired) electrons. The van der Waals surface area contributed by atoms with Gasteiger partial charge >= 0.3 is 6.03 Å². The molecule has 0 unspecified atom stereocenters. The average Bonchev–Trinajstić information content (AvgIpc) is 2.87. The largest absolute Gasteiger partial charge is 0.367 e. The highest BCUT2D eigenvalue weighted by molar-refractivity contribution is 5.94. The smallest absolute Gasteiger partial charge is 0.317 e. The Balaban J connectivity index is 1.87. The molecule has 1 fully saturated rings. The summed E-state index contributed by atoms with van der Waals surface area (Å²) in [4.78, 5) is 31.1. The second-order valence-electron chi connectivity index (χ2n) is 6.95. The molecule has 1 aliphatic heterocycles. The minimum atomic E-state index is -0.0362. The normalized spacial score (nSPS) is 16.3. The van der Waals surface area contributed by atoms with Crippen molar-refractivity contribution in [3.8, 4) is 0 Å². The lowest BCUT2D eigenvalue weighted by atomic mass is 9.97. The fourth-order valence-corrected chi connectivity index (χ4v) is 2.42. The lowest BCUT2D eigenvalue weighted by Crippen LogP contribution is -2.44. The predicted octanol–water partition coefficient (Wildman–Crippen LogP) is 1.92. The molecule has 122 valence electrons. The van der Waals surface area contributed by atoms with Gasteiger partial charge in [-0.05, 0) is 17.9 Å². The summed E-state index contributed by atoms with van der Waals surface area (Å²) < 4.78 is 0. The highest BCUT2D eigenvalue weighted by Crippen LogP contribution is 2.12. The van der Waals surface area contributed by atoms with E-state index in [-0.39, 0.29) is 17.4 Å². The van der Waals surface area contributed by atoms with Crippen LogP contribution in [-0.2, 0) is 0 Å². The molecule has 0 spiro atoms. The van der Waals surface area contributed by atoms with E-state index in [1.165, 1.54) is 0 Å². The summed E-state index contributed by atoms with van der Waals surface area (Å²) in [6.45, 7) is 9.44. The molecule has 2 heterocycles. The van der Waals surface area contributed by atoms with Crippen molar-refractivity contribution in [3.05, 3.63) is 24.0 Å². The van der Waals surface area contributed by atoms with Crippen LogP contribution in [0, 0.1) is 5.41 Å². The van der Waals surface area contributed by atoms with Crippen LogP contribution in [0.2, 0.25) is 0 Å². The molecule has 2 N–H and O–H groups in total. The fourth-order valence-electron chi connectivity index (χ4n) is 2.42. The Morgan fingerprint density at radius 1 is 1.18 bits per heavy atom. The molecule has 22 heavy (non-hydrogen) atoms. The Morgan fingerprint density at radius 3 is 2.50 bits per heavy atom. The van der Waals surface area contributed by atoms with Gasteiger partial charge in [0.25, 0.3) is 5.91 Å². The number of H-pyrrole nitrogens is 1. The molecular formula is C16H26N4O2. The van der Waals surface area contributed by atoms with E-state index in [1.807, 2.05) is 4.90 Å². The molecule has 6 heteroatoms. The Kier molecular flexibility index (Phi) is 5.11. The number of rotatable bonds is 2. The van der Waals surface area contributed by atoms with Crippen molar-refractivity contribution in [1.29, 1.82) is 0 Å². The molecule has 0 saturated carbocycles. The lowest BCUT2D eigenvalue weighted by Gasteiger charge is -2.25. The van der Waals surface area contributed by atoms with Gasteiger partial charge in [0.2, 0.25) is 0 Å². The molecule has 1 aromatic heterocycles. The zero-order valence-corrected chi connectivity index (χ0v) is 13.7. The van der Waals surface area contributed by atoms with E-state index in [9.17, 15) is 9.59 Å². The van der Waals surface area contributed by atoms with Gasteiger partial charge in [-0.2, -0.15) is 0 Å². The molecule has 1 aromatic rings. The highest BCUT2D eigenvalue weighted by Gasteiger charge is 2.23. The SMILES string of the molecule is CC(C)(C)CNC(=O)N1CCCN(C(=O)c2cc[nH]c2)CC1. The zero-order chi connectivity index (χ0) is 16.2. The molecule has 1 saturated heterocycles. The standard InChI is InChI=1S/C16H26N4O2/c1-16(2,3)12-18-15(22)20-8-4-7-19(9-10-20)14(21)13-5-6-17-11-13/h5-6,11,17H,4,7-10,12H2,1-3H3,(H,18,22). The van der Waals surface area contributed by atoms with Crippen molar-refractivity contribution < 1.29 is 9.59 Å². The molecule has 0 atom stereocenters. The summed E-state index contributed by atoms with van der Waals surface area (Å²) in [5.41, 5.74) is 0.739. The van der Waals surface area contributed by atoms with Crippen molar-refractivity contribution >= 4 is 11.9 Å². The maximum absolute atomic E-state index is 12.3. The van der Waals surface area contributed by atoms with Crippen molar-refractivity contribution in [2.75, 3.05) is 32.7 Å². The quantitative estimate of drug-likeness (QED) is 0.876. The molecule has 0 aromatic carbocycles. The number of amides is 3. The third-order valence-corrected chi connectivity index (χ3v) is 3.69. The Bertz CT molecular complexity index is 505. The third-order valence-electron chi connectivity index (χ3n) is 3.69. The van der Waals surface area contributed by atoms with Crippen molar-refractivity contribution in [1.82, 2.24) is 20.1 Å². The summed E-state index contributed by atoms with van der Waals surface area (Å²) in [6.07, 6.45) is 4.26. The van der Waals surface area contributed by atoms with Crippen LogP contribution in [0.3, 0.4) is 0 Å². The Hall–Kier alpha value is -1.98. The molecule has 0 bridgehead atoms. The van der Waals surface area contributed by atoms with Crippen molar-refractivity contribution in [3.63, 3.8) is 0 Å². The molecular weight excluding hydrogens is 280 g/mol. The van der Waals surface area contributed by atoms with Crippen LogP contribution in [0.25, 0.3) is 0 Å². The van der Waals surface area contributed by atoms with Gasteiger partial charge < -0.3 is 20.1 Å². The summed E-state index contributed by atoms with van der Waals surface area (Å²) in [7, 11) is 0. The van der Waals surface area contributed by atoms with Gasteiger partial charge in [-0.3, -0.25) is 4.79 Å². The minimum Gasteiger partial charge on any atom is -0.367 e. The predicted molar refractivity (Wildman–Crippen MR) is 85.7 cm³/mol. The molecule has 2 rings (SSSR count). The molecule has 1 aliphatic rings. The van der Waals surface area contributed by atoms with E-state index in [4.69, 9.17) is 0 Å². The number of aromatic amines is 1. The van der Waals surface area contributed by atoms with Crippen LogP contribution in [-0.4, -0.2) is 59.4 Å². The lowest BCUT2D eigenvalue weighted by molar-refractivity contribution is 0.0762. The van der Waals surface area contributed by atoms with E-state index in [2.05, 4.69) is 31.1 Å². The van der Waals surface area contributed by atoms with Crippen LogP contribution in [0.4, 0.5) is 4.79 Å². The molecule has 0 aliphatic carbocycles. The van der Waals surface area contributed by atoms with Crippen LogP contribution in [0.5, 0.6) is 0 Å². The number of hydrogen-bond acceptors (Lipinski definition) is 2. The van der Waals surface area contributed by atoms with E-state index in [0.717, 1.165) is 6.42 Å². The number of hydrogen-bond donors (Lipinski definition) is 2. The van der Waals surface area contributed by atoms with Gasteiger partial charge in [0.15, 0.2) is 0 Å². The average molecular weight is 306 g/mol. The zero-order valence-electron chi connectivity index (χ0n) is 13.7. The summed E-state index contributed by atoms with van der Waals surface area (Å²) in [5, 5.41) is 2.97. The number of carbonyl (C=O) groups excluding carboxylic acids is 2. The monoisotopic (exact) mass is 306 g/mol.